The summed E-state index contributed by atoms with van der Waals surface area (Å²) >= 11 is 0. The van der Waals surface area contributed by atoms with E-state index in [1.807, 2.05) is 4.67 Å². The van der Waals surface area contributed by atoms with E-state index in [4.69, 9.17) is 14.7 Å². The number of rotatable bonds is 5. The Bertz CT molecular complexity index is 497. The molecule has 2 unspecified atom stereocenters. The predicted octanol–water partition coefficient (Wildman–Crippen LogP) is 2.15. The van der Waals surface area contributed by atoms with Crippen LogP contribution >= 0.6 is 7.67 Å². The second-order valence-electron chi connectivity index (χ2n) is 4.11. The SMILES string of the molecule is CC(OP(=O)(N1C=C1)N1CC1)c1ccc(N)o1. The summed E-state index contributed by atoms with van der Waals surface area (Å²) in [5.74, 6) is 0.924. The van der Waals surface area contributed by atoms with Gasteiger partial charge in [0.2, 0.25) is 0 Å². The molecule has 1 fully saturated rings. The number of nitrogens with zero attached hydrogens (tertiary/aromatic N) is 2. The first-order valence-electron chi connectivity index (χ1n) is 5.46. The minimum absolute atomic E-state index is 0.335. The molecular formula is C10H14N3O3P. The first kappa shape index (κ1) is 10.9. The first-order valence-corrected chi connectivity index (χ1v) is 6.99. The summed E-state index contributed by atoms with van der Waals surface area (Å²) in [6.45, 7) is 3.42. The van der Waals surface area contributed by atoms with Crippen LogP contribution in [0.4, 0.5) is 5.88 Å². The van der Waals surface area contributed by atoms with E-state index in [2.05, 4.69) is 0 Å². The zero-order chi connectivity index (χ0) is 12.0. The number of furan rings is 1. The summed E-state index contributed by atoms with van der Waals surface area (Å²) in [4.78, 5) is 0. The van der Waals surface area contributed by atoms with Gasteiger partial charge >= 0.3 is 7.67 Å². The lowest BCUT2D eigenvalue weighted by molar-refractivity contribution is 0.178. The Kier molecular flexibility index (Phi) is 2.33. The summed E-state index contributed by atoms with van der Waals surface area (Å²) in [5, 5.41) is 0. The fourth-order valence-corrected chi connectivity index (χ4v) is 3.65. The highest BCUT2D eigenvalue weighted by molar-refractivity contribution is 7.54. The van der Waals surface area contributed by atoms with Gasteiger partial charge in [0, 0.05) is 31.6 Å². The van der Waals surface area contributed by atoms with Gasteiger partial charge < -0.3 is 10.2 Å². The molecule has 0 bridgehead atoms. The third-order valence-electron chi connectivity index (χ3n) is 2.70. The number of anilines is 1. The van der Waals surface area contributed by atoms with Crippen LogP contribution < -0.4 is 5.73 Å². The molecule has 6 nitrogen and oxygen atoms in total. The van der Waals surface area contributed by atoms with E-state index in [9.17, 15) is 4.57 Å². The Labute approximate surface area is 99.2 Å². The molecule has 3 heterocycles. The van der Waals surface area contributed by atoms with Crippen LogP contribution in [0.15, 0.2) is 28.9 Å². The maximum atomic E-state index is 12.6. The molecule has 7 heteroatoms. The highest BCUT2D eigenvalue weighted by atomic mass is 31.2. The van der Waals surface area contributed by atoms with Crippen molar-refractivity contribution in [1.29, 1.82) is 0 Å². The standard InChI is InChI=1S/C10H14N3O3P/c1-8(9-2-3-10(11)15-9)16-17(14,12-4-5-12)13-6-7-13/h2-5,8H,6-7,11H2,1H3. The molecule has 1 saturated heterocycles. The third kappa shape index (κ3) is 1.99. The molecule has 1 aromatic rings. The van der Waals surface area contributed by atoms with Crippen molar-refractivity contribution in [2.75, 3.05) is 18.8 Å². The van der Waals surface area contributed by atoms with Crippen molar-refractivity contribution in [1.82, 2.24) is 9.34 Å². The summed E-state index contributed by atoms with van der Waals surface area (Å²) < 4.78 is 27.0. The molecule has 0 amide bonds. The van der Waals surface area contributed by atoms with Gasteiger partial charge in [-0.2, -0.15) is 0 Å². The van der Waals surface area contributed by atoms with E-state index < -0.39 is 7.67 Å². The summed E-state index contributed by atoms with van der Waals surface area (Å²) in [6, 6.07) is 3.40. The Balaban J connectivity index is 1.74. The molecule has 17 heavy (non-hydrogen) atoms. The molecule has 2 aliphatic heterocycles. The quantitative estimate of drug-likeness (QED) is 0.642. The lowest BCUT2D eigenvalue weighted by atomic mass is 10.3. The predicted molar refractivity (Wildman–Crippen MR) is 62.8 cm³/mol. The van der Waals surface area contributed by atoms with Crippen molar-refractivity contribution in [2.24, 2.45) is 0 Å². The highest BCUT2D eigenvalue weighted by Gasteiger charge is 2.47. The zero-order valence-electron chi connectivity index (χ0n) is 9.44. The Morgan fingerprint density at radius 3 is 2.65 bits per heavy atom. The van der Waals surface area contributed by atoms with Gasteiger partial charge in [0.25, 0.3) is 0 Å². The number of hydrogen-bond donors (Lipinski definition) is 1. The van der Waals surface area contributed by atoms with Crippen LogP contribution in [0.3, 0.4) is 0 Å². The van der Waals surface area contributed by atoms with Gasteiger partial charge in [0.15, 0.2) is 5.88 Å². The second kappa shape index (κ2) is 3.63. The monoisotopic (exact) mass is 255 g/mol. The van der Waals surface area contributed by atoms with Crippen molar-refractivity contribution in [3.8, 4) is 0 Å². The Morgan fingerprint density at radius 1 is 1.47 bits per heavy atom. The molecule has 3 rings (SSSR count). The fraction of sp³-hybridized carbons (Fsp3) is 0.400. The fourth-order valence-electron chi connectivity index (χ4n) is 1.61. The van der Waals surface area contributed by atoms with Crippen molar-refractivity contribution >= 4 is 13.6 Å². The molecule has 0 aliphatic carbocycles. The number of nitrogen functional groups attached to an aromatic ring is 1. The summed E-state index contributed by atoms with van der Waals surface area (Å²) in [5.41, 5.74) is 5.50. The minimum atomic E-state index is -2.90. The summed E-state index contributed by atoms with van der Waals surface area (Å²) in [6.07, 6.45) is 3.12. The van der Waals surface area contributed by atoms with Gasteiger partial charge in [0.05, 0.1) is 0 Å². The zero-order valence-corrected chi connectivity index (χ0v) is 10.3. The minimum Gasteiger partial charge on any atom is -0.443 e. The largest absolute Gasteiger partial charge is 0.443 e. The molecular weight excluding hydrogens is 241 g/mol. The van der Waals surface area contributed by atoms with Gasteiger partial charge in [-0.25, -0.2) is 9.24 Å². The maximum absolute atomic E-state index is 12.6. The molecule has 0 spiro atoms. The first-order chi connectivity index (χ1) is 8.09. The van der Waals surface area contributed by atoms with E-state index in [1.165, 1.54) is 0 Å². The third-order valence-corrected chi connectivity index (χ3v) is 5.26. The molecule has 0 saturated carbocycles. The summed E-state index contributed by atoms with van der Waals surface area (Å²) in [7, 11) is -2.90. The topological polar surface area (TPSA) is 71.5 Å². The van der Waals surface area contributed by atoms with E-state index in [1.54, 1.807) is 36.1 Å². The molecule has 2 N–H and O–H groups in total. The normalized spacial score (nSPS) is 23.5. The van der Waals surface area contributed by atoms with Crippen molar-refractivity contribution in [3.63, 3.8) is 0 Å². The maximum Gasteiger partial charge on any atom is 0.375 e. The van der Waals surface area contributed by atoms with Crippen LogP contribution in [0.25, 0.3) is 0 Å². The highest BCUT2D eigenvalue weighted by Crippen LogP contribution is 2.63. The second-order valence-corrected chi connectivity index (χ2v) is 6.33. The van der Waals surface area contributed by atoms with Gasteiger partial charge in [0.1, 0.15) is 11.9 Å². The van der Waals surface area contributed by atoms with Crippen LogP contribution in [0, 0.1) is 0 Å². The lowest BCUT2D eigenvalue weighted by Crippen LogP contribution is -2.09. The van der Waals surface area contributed by atoms with Crippen molar-refractivity contribution in [2.45, 2.75) is 13.0 Å². The van der Waals surface area contributed by atoms with Crippen LogP contribution in [-0.4, -0.2) is 22.4 Å². The van der Waals surface area contributed by atoms with Gasteiger partial charge in [-0.1, -0.05) is 0 Å². The van der Waals surface area contributed by atoms with Gasteiger partial charge in [-0.15, -0.1) is 0 Å². The molecule has 0 aromatic carbocycles. The van der Waals surface area contributed by atoms with Crippen LogP contribution in [0.2, 0.25) is 0 Å². The van der Waals surface area contributed by atoms with Gasteiger partial charge in [-0.05, 0) is 13.0 Å². The molecule has 92 valence electrons. The van der Waals surface area contributed by atoms with Crippen LogP contribution in [0.5, 0.6) is 0 Å². The molecule has 2 atom stereocenters. The van der Waals surface area contributed by atoms with Crippen LogP contribution in [-0.2, 0) is 9.09 Å². The van der Waals surface area contributed by atoms with E-state index in [0.29, 0.717) is 11.6 Å². The van der Waals surface area contributed by atoms with E-state index in [0.717, 1.165) is 13.1 Å². The lowest BCUT2D eigenvalue weighted by Gasteiger charge is -2.23. The van der Waals surface area contributed by atoms with Crippen molar-refractivity contribution < 1.29 is 13.5 Å². The average Bonchev–Trinajstić information content (AvgIpc) is 3.14. The molecule has 0 radical (unpaired) electrons. The molecule has 1 aromatic heterocycles. The van der Waals surface area contributed by atoms with Crippen molar-refractivity contribution in [3.05, 3.63) is 30.3 Å². The van der Waals surface area contributed by atoms with E-state index in [-0.39, 0.29) is 6.10 Å². The molecule has 2 aliphatic rings. The average molecular weight is 255 g/mol. The number of nitrogens with two attached hydrogens (primary N) is 1. The number of hydrogen-bond acceptors (Lipinski definition) is 4. The van der Waals surface area contributed by atoms with Gasteiger partial charge in [-0.3, -0.25) is 9.19 Å². The Morgan fingerprint density at radius 2 is 2.18 bits per heavy atom. The Hall–Kier alpha value is -1.23. The van der Waals surface area contributed by atoms with Crippen LogP contribution in [0.1, 0.15) is 18.8 Å². The smallest absolute Gasteiger partial charge is 0.375 e. The van der Waals surface area contributed by atoms with E-state index >= 15 is 0 Å².